The van der Waals surface area contributed by atoms with Crippen LogP contribution in [0.4, 0.5) is 11.5 Å². The highest BCUT2D eigenvalue weighted by molar-refractivity contribution is 7.12. The quantitative estimate of drug-likeness (QED) is 0.757. The Morgan fingerprint density at radius 1 is 1.00 bits per heavy atom. The number of carbonyl (C=O) groups is 2. The van der Waals surface area contributed by atoms with Gasteiger partial charge >= 0.3 is 0 Å². The van der Waals surface area contributed by atoms with Gasteiger partial charge in [0, 0.05) is 17.4 Å². The molecule has 2 amide bonds. The van der Waals surface area contributed by atoms with Crippen molar-refractivity contribution in [2.45, 2.75) is 6.92 Å². The largest absolute Gasteiger partial charge is 0.321 e. The van der Waals surface area contributed by atoms with E-state index in [1.54, 1.807) is 42.6 Å². The third kappa shape index (κ3) is 3.85. The first-order valence-corrected chi connectivity index (χ1v) is 8.19. The molecule has 0 fully saturated rings. The Hall–Kier alpha value is -2.99. The molecule has 3 rings (SSSR count). The summed E-state index contributed by atoms with van der Waals surface area (Å²) in [4.78, 5) is 29.1. The van der Waals surface area contributed by atoms with Crippen LogP contribution < -0.4 is 10.6 Å². The van der Waals surface area contributed by atoms with Gasteiger partial charge in [0.25, 0.3) is 11.8 Å². The second kappa shape index (κ2) is 7.06. The van der Waals surface area contributed by atoms with E-state index in [1.807, 2.05) is 24.4 Å². The normalized spacial score (nSPS) is 10.2. The average Bonchev–Trinajstić information content (AvgIpc) is 3.12. The second-order valence-electron chi connectivity index (χ2n) is 5.19. The van der Waals surface area contributed by atoms with Gasteiger partial charge in [-0.25, -0.2) is 4.98 Å². The first-order valence-electron chi connectivity index (χ1n) is 7.31. The van der Waals surface area contributed by atoms with Gasteiger partial charge in [-0.3, -0.25) is 9.59 Å². The molecule has 24 heavy (non-hydrogen) atoms. The number of hydrogen-bond acceptors (Lipinski definition) is 4. The number of anilines is 2. The van der Waals surface area contributed by atoms with Crippen molar-refractivity contribution in [3.63, 3.8) is 0 Å². The molecule has 0 aliphatic rings. The number of pyridine rings is 1. The Labute approximate surface area is 143 Å². The van der Waals surface area contributed by atoms with Gasteiger partial charge in [0.2, 0.25) is 0 Å². The van der Waals surface area contributed by atoms with Gasteiger partial charge < -0.3 is 10.6 Å². The van der Waals surface area contributed by atoms with Crippen molar-refractivity contribution in [1.82, 2.24) is 4.98 Å². The fourth-order valence-corrected chi connectivity index (χ4v) is 2.69. The summed E-state index contributed by atoms with van der Waals surface area (Å²) in [5, 5.41) is 7.36. The van der Waals surface area contributed by atoms with Crippen LogP contribution in [0, 0.1) is 6.92 Å². The van der Waals surface area contributed by atoms with Crippen LogP contribution in [0.25, 0.3) is 0 Å². The van der Waals surface area contributed by atoms with Crippen molar-refractivity contribution >= 4 is 34.7 Å². The van der Waals surface area contributed by atoms with Gasteiger partial charge in [0.1, 0.15) is 5.82 Å². The van der Waals surface area contributed by atoms with Crippen molar-refractivity contribution in [2.75, 3.05) is 10.6 Å². The second-order valence-corrected chi connectivity index (χ2v) is 6.13. The number of benzene rings is 1. The van der Waals surface area contributed by atoms with Gasteiger partial charge in [-0.05, 0) is 48.2 Å². The lowest BCUT2D eigenvalue weighted by molar-refractivity contribution is 0.101. The van der Waals surface area contributed by atoms with Crippen molar-refractivity contribution in [2.24, 2.45) is 0 Å². The number of hydrogen-bond donors (Lipinski definition) is 2. The number of aryl methyl sites for hydroxylation is 1. The third-order valence-corrected chi connectivity index (χ3v) is 4.15. The molecule has 0 atom stereocenters. The molecule has 0 bridgehead atoms. The summed E-state index contributed by atoms with van der Waals surface area (Å²) in [6, 6.07) is 14.0. The molecule has 0 unspecified atom stereocenters. The molecule has 0 saturated heterocycles. The van der Waals surface area contributed by atoms with E-state index in [0.29, 0.717) is 21.9 Å². The van der Waals surface area contributed by atoms with Gasteiger partial charge in [-0.2, -0.15) is 0 Å². The number of thiophene rings is 1. The lowest BCUT2D eigenvalue weighted by Gasteiger charge is -2.07. The van der Waals surface area contributed by atoms with Crippen LogP contribution in [0.15, 0.2) is 60.1 Å². The molecule has 0 saturated carbocycles. The smallest absolute Gasteiger partial charge is 0.265 e. The lowest BCUT2D eigenvalue weighted by Crippen LogP contribution is -2.14. The summed E-state index contributed by atoms with van der Waals surface area (Å²) in [6.45, 7) is 1.93. The topological polar surface area (TPSA) is 71.1 Å². The maximum atomic E-state index is 12.3. The van der Waals surface area contributed by atoms with Gasteiger partial charge in [-0.1, -0.05) is 18.2 Å². The maximum Gasteiger partial charge on any atom is 0.265 e. The van der Waals surface area contributed by atoms with E-state index in [1.165, 1.54) is 11.3 Å². The van der Waals surface area contributed by atoms with E-state index in [-0.39, 0.29) is 11.8 Å². The number of rotatable bonds is 4. The maximum absolute atomic E-state index is 12.3. The zero-order valence-electron chi connectivity index (χ0n) is 12.9. The van der Waals surface area contributed by atoms with Crippen molar-refractivity contribution in [1.29, 1.82) is 0 Å². The molecule has 0 aliphatic carbocycles. The molecule has 3 aromatic rings. The summed E-state index contributed by atoms with van der Waals surface area (Å²) in [5.74, 6) is 0.0139. The average molecular weight is 337 g/mol. The van der Waals surface area contributed by atoms with Gasteiger partial charge in [-0.15, -0.1) is 11.3 Å². The van der Waals surface area contributed by atoms with Crippen molar-refractivity contribution < 1.29 is 9.59 Å². The Bertz CT molecular complexity index is 858. The minimum Gasteiger partial charge on any atom is -0.321 e. The SMILES string of the molecule is Cc1ccc(NC(=O)c2cccc(NC(=O)c3cccs3)c2)nc1. The summed E-state index contributed by atoms with van der Waals surface area (Å²) >= 11 is 1.36. The Kier molecular flexibility index (Phi) is 4.67. The van der Waals surface area contributed by atoms with E-state index in [9.17, 15) is 9.59 Å². The zero-order valence-corrected chi connectivity index (χ0v) is 13.8. The highest BCUT2D eigenvalue weighted by Gasteiger charge is 2.10. The van der Waals surface area contributed by atoms with Crippen LogP contribution in [0.2, 0.25) is 0 Å². The molecule has 0 spiro atoms. The molecule has 0 radical (unpaired) electrons. The van der Waals surface area contributed by atoms with E-state index in [4.69, 9.17) is 0 Å². The fourth-order valence-electron chi connectivity index (χ4n) is 2.07. The predicted octanol–water partition coefficient (Wildman–Crippen LogP) is 3.96. The van der Waals surface area contributed by atoms with E-state index in [0.717, 1.165) is 5.56 Å². The number of aromatic nitrogens is 1. The summed E-state index contributed by atoms with van der Waals surface area (Å²) in [6.07, 6.45) is 1.69. The van der Waals surface area contributed by atoms with Crippen molar-refractivity contribution in [3.8, 4) is 0 Å². The van der Waals surface area contributed by atoms with Crippen LogP contribution in [-0.2, 0) is 0 Å². The van der Waals surface area contributed by atoms with Crippen LogP contribution in [-0.4, -0.2) is 16.8 Å². The molecule has 2 heterocycles. The Morgan fingerprint density at radius 3 is 2.58 bits per heavy atom. The number of amides is 2. The molecule has 6 heteroatoms. The third-order valence-electron chi connectivity index (χ3n) is 3.28. The molecule has 1 aromatic carbocycles. The predicted molar refractivity (Wildman–Crippen MR) is 95.6 cm³/mol. The number of carbonyl (C=O) groups excluding carboxylic acids is 2. The molecular weight excluding hydrogens is 322 g/mol. The molecule has 120 valence electrons. The molecular formula is C18H15N3O2S. The lowest BCUT2D eigenvalue weighted by atomic mass is 10.2. The monoisotopic (exact) mass is 337 g/mol. The summed E-state index contributed by atoms with van der Waals surface area (Å²) in [7, 11) is 0. The zero-order chi connectivity index (χ0) is 16.9. The first-order chi connectivity index (χ1) is 11.6. The number of nitrogens with one attached hydrogen (secondary N) is 2. The minimum absolute atomic E-state index is 0.192. The van der Waals surface area contributed by atoms with Gasteiger partial charge in [0.15, 0.2) is 0 Å². The highest BCUT2D eigenvalue weighted by atomic mass is 32.1. The number of nitrogens with zero attached hydrogens (tertiary/aromatic N) is 1. The summed E-state index contributed by atoms with van der Waals surface area (Å²) < 4.78 is 0. The van der Waals surface area contributed by atoms with E-state index < -0.39 is 0 Å². The van der Waals surface area contributed by atoms with Crippen LogP contribution in [0.3, 0.4) is 0 Å². The molecule has 0 aliphatic heterocycles. The Morgan fingerprint density at radius 2 is 1.88 bits per heavy atom. The minimum atomic E-state index is -0.279. The van der Waals surface area contributed by atoms with E-state index in [2.05, 4.69) is 15.6 Å². The van der Waals surface area contributed by atoms with Crippen LogP contribution in [0.5, 0.6) is 0 Å². The van der Waals surface area contributed by atoms with Crippen LogP contribution in [0.1, 0.15) is 25.6 Å². The molecule has 2 N–H and O–H groups in total. The van der Waals surface area contributed by atoms with E-state index >= 15 is 0 Å². The Balaban J connectivity index is 1.71. The van der Waals surface area contributed by atoms with Crippen molar-refractivity contribution in [3.05, 3.63) is 76.1 Å². The first kappa shape index (κ1) is 15.9. The van der Waals surface area contributed by atoms with Crippen LogP contribution >= 0.6 is 11.3 Å². The molecule has 5 nitrogen and oxygen atoms in total. The standard InChI is InChI=1S/C18H15N3O2S/c1-12-7-8-16(19-11-12)21-17(22)13-4-2-5-14(10-13)20-18(23)15-6-3-9-24-15/h2-11H,1H3,(H,20,23)(H,19,21,22). The highest BCUT2D eigenvalue weighted by Crippen LogP contribution is 2.16. The molecule has 2 aromatic heterocycles. The van der Waals surface area contributed by atoms with Gasteiger partial charge in [0.05, 0.1) is 4.88 Å². The fraction of sp³-hybridized carbons (Fsp3) is 0.0556. The summed E-state index contributed by atoms with van der Waals surface area (Å²) in [5.41, 5.74) is 2.03.